The van der Waals surface area contributed by atoms with Gasteiger partial charge in [0.2, 0.25) is 0 Å². The third-order valence-corrected chi connectivity index (χ3v) is 4.34. The van der Waals surface area contributed by atoms with E-state index in [1.165, 1.54) is 0 Å². The lowest BCUT2D eigenvalue weighted by Gasteiger charge is -2.11. The molecule has 7 nitrogen and oxygen atoms in total. The van der Waals surface area contributed by atoms with Gasteiger partial charge in [0.05, 0.1) is 0 Å². The lowest BCUT2D eigenvalue weighted by molar-refractivity contribution is 0.251. The second kappa shape index (κ2) is 7.87. The van der Waals surface area contributed by atoms with E-state index in [4.69, 9.17) is 4.98 Å². The van der Waals surface area contributed by atoms with Crippen molar-refractivity contribution in [3.8, 4) is 11.4 Å². The predicted molar refractivity (Wildman–Crippen MR) is 109 cm³/mol. The highest BCUT2D eigenvalue weighted by atomic mass is 16.2. The lowest BCUT2D eigenvalue weighted by Crippen LogP contribution is -2.31. The summed E-state index contributed by atoms with van der Waals surface area (Å²) in [6, 6.07) is 15.1. The van der Waals surface area contributed by atoms with Crippen LogP contribution in [0.5, 0.6) is 0 Å². The number of rotatable bonds is 5. The van der Waals surface area contributed by atoms with Crippen LogP contribution in [0.3, 0.4) is 0 Å². The number of urea groups is 1. The first-order valence-corrected chi connectivity index (χ1v) is 9.04. The first-order valence-electron chi connectivity index (χ1n) is 9.04. The standard InChI is InChI=1S/C21H20N6O/c1-15-4-2-5-17(14-15)25-21(28)24-12-13-27-19(16-7-10-22-11-8-16)26-18-6-3-9-23-20(18)27/h2-11,14H,12-13H2,1H3,(H2,24,25,28). The van der Waals surface area contributed by atoms with Crippen molar-refractivity contribution < 1.29 is 4.79 Å². The molecule has 2 N–H and O–H groups in total. The van der Waals surface area contributed by atoms with Crippen molar-refractivity contribution in [3.63, 3.8) is 0 Å². The Morgan fingerprint density at radius 1 is 1.07 bits per heavy atom. The molecule has 1 aromatic carbocycles. The van der Waals surface area contributed by atoms with E-state index in [1.807, 2.05) is 60.0 Å². The Morgan fingerprint density at radius 3 is 2.75 bits per heavy atom. The summed E-state index contributed by atoms with van der Waals surface area (Å²) in [6.45, 7) is 2.98. The number of carbonyl (C=O) groups is 1. The van der Waals surface area contributed by atoms with Gasteiger partial charge in [-0.25, -0.2) is 14.8 Å². The molecule has 0 unspecified atom stereocenters. The Labute approximate surface area is 162 Å². The zero-order valence-electron chi connectivity index (χ0n) is 15.5. The minimum Gasteiger partial charge on any atom is -0.336 e. The minimum absolute atomic E-state index is 0.242. The molecule has 0 aliphatic heterocycles. The van der Waals surface area contributed by atoms with Gasteiger partial charge in [0.25, 0.3) is 0 Å². The van der Waals surface area contributed by atoms with E-state index in [1.54, 1.807) is 18.6 Å². The van der Waals surface area contributed by atoms with Crippen LogP contribution < -0.4 is 10.6 Å². The lowest BCUT2D eigenvalue weighted by atomic mass is 10.2. The first-order chi connectivity index (χ1) is 13.7. The number of anilines is 1. The molecule has 3 aromatic heterocycles. The van der Waals surface area contributed by atoms with Crippen LogP contribution in [0.2, 0.25) is 0 Å². The van der Waals surface area contributed by atoms with Crippen molar-refractivity contribution >= 4 is 22.9 Å². The van der Waals surface area contributed by atoms with Crippen LogP contribution in [0.4, 0.5) is 10.5 Å². The smallest absolute Gasteiger partial charge is 0.319 e. The van der Waals surface area contributed by atoms with Crippen molar-refractivity contribution in [2.75, 3.05) is 11.9 Å². The number of fused-ring (bicyclic) bond motifs is 1. The fraction of sp³-hybridized carbons (Fsp3) is 0.143. The van der Waals surface area contributed by atoms with Gasteiger partial charge in [-0.05, 0) is 48.9 Å². The summed E-state index contributed by atoms with van der Waals surface area (Å²) in [5.41, 5.74) is 4.42. The molecule has 7 heteroatoms. The molecule has 28 heavy (non-hydrogen) atoms. The zero-order valence-corrected chi connectivity index (χ0v) is 15.5. The van der Waals surface area contributed by atoms with Gasteiger partial charge < -0.3 is 15.2 Å². The fourth-order valence-electron chi connectivity index (χ4n) is 3.07. The maximum Gasteiger partial charge on any atom is 0.319 e. The van der Waals surface area contributed by atoms with Crippen LogP contribution in [-0.2, 0) is 6.54 Å². The molecule has 0 bridgehead atoms. The van der Waals surface area contributed by atoms with Crippen LogP contribution >= 0.6 is 0 Å². The molecular formula is C21H20N6O. The Morgan fingerprint density at radius 2 is 1.93 bits per heavy atom. The second-order valence-electron chi connectivity index (χ2n) is 6.42. The third kappa shape index (κ3) is 3.83. The van der Waals surface area contributed by atoms with Gasteiger partial charge in [0.1, 0.15) is 11.3 Å². The maximum absolute atomic E-state index is 12.2. The molecule has 0 aliphatic carbocycles. The average molecular weight is 372 g/mol. The molecule has 4 aromatic rings. The number of carbonyl (C=O) groups excluding carboxylic acids is 1. The predicted octanol–water partition coefficient (Wildman–Crippen LogP) is 3.62. The van der Waals surface area contributed by atoms with Gasteiger partial charge in [-0.1, -0.05) is 12.1 Å². The van der Waals surface area contributed by atoms with E-state index >= 15 is 0 Å². The summed E-state index contributed by atoms with van der Waals surface area (Å²) >= 11 is 0. The summed E-state index contributed by atoms with van der Waals surface area (Å²) in [5, 5.41) is 5.74. The first kappa shape index (κ1) is 17.7. The summed E-state index contributed by atoms with van der Waals surface area (Å²) < 4.78 is 2.01. The Kier molecular flexibility index (Phi) is 4.97. The molecule has 4 rings (SSSR count). The van der Waals surface area contributed by atoms with E-state index in [-0.39, 0.29) is 6.03 Å². The number of benzene rings is 1. The summed E-state index contributed by atoms with van der Waals surface area (Å²) in [5.74, 6) is 0.803. The normalized spacial score (nSPS) is 10.8. The highest BCUT2D eigenvalue weighted by Crippen LogP contribution is 2.22. The van der Waals surface area contributed by atoms with Crippen LogP contribution in [0.15, 0.2) is 67.1 Å². The number of nitrogens with one attached hydrogen (secondary N) is 2. The largest absolute Gasteiger partial charge is 0.336 e. The van der Waals surface area contributed by atoms with Gasteiger partial charge in [-0.15, -0.1) is 0 Å². The van der Waals surface area contributed by atoms with Crippen molar-refractivity contribution in [2.24, 2.45) is 0 Å². The monoisotopic (exact) mass is 372 g/mol. The molecule has 0 fully saturated rings. The highest BCUT2D eigenvalue weighted by molar-refractivity contribution is 5.89. The van der Waals surface area contributed by atoms with Gasteiger partial charge in [0, 0.05) is 42.9 Å². The van der Waals surface area contributed by atoms with Gasteiger partial charge in [-0.2, -0.15) is 0 Å². The van der Waals surface area contributed by atoms with E-state index in [0.29, 0.717) is 13.1 Å². The molecule has 0 spiro atoms. The van der Waals surface area contributed by atoms with Gasteiger partial charge >= 0.3 is 6.03 Å². The molecule has 0 radical (unpaired) electrons. The minimum atomic E-state index is -0.242. The number of pyridine rings is 2. The van der Waals surface area contributed by atoms with Crippen molar-refractivity contribution in [1.82, 2.24) is 24.8 Å². The average Bonchev–Trinajstić information content (AvgIpc) is 3.07. The Hall–Kier alpha value is -3.74. The Balaban J connectivity index is 1.49. The molecule has 3 heterocycles. The maximum atomic E-state index is 12.2. The molecule has 140 valence electrons. The van der Waals surface area contributed by atoms with Crippen molar-refractivity contribution in [3.05, 3.63) is 72.7 Å². The quantitative estimate of drug-likeness (QED) is 0.560. The zero-order chi connectivity index (χ0) is 19.3. The molecule has 0 aliphatic rings. The number of aryl methyl sites for hydroxylation is 1. The number of hydrogen-bond acceptors (Lipinski definition) is 4. The third-order valence-electron chi connectivity index (χ3n) is 4.34. The van der Waals surface area contributed by atoms with E-state index < -0.39 is 0 Å². The molecule has 2 amide bonds. The van der Waals surface area contributed by atoms with E-state index in [0.717, 1.165) is 33.8 Å². The number of hydrogen-bond donors (Lipinski definition) is 2. The number of amides is 2. The van der Waals surface area contributed by atoms with Crippen LogP contribution in [0.1, 0.15) is 5.56 Å². The van der Waals surface area contributed by atoms with Crippen LogP contribution in [-0.4, -0.2) is 32.1 Å². The number of aromatic nitrogens is 4. The van der Waals surface area contributed by atoms with Gasteiger partial charge in [-0.3, -0.25) is 4.98 Å². The Bertz CT molecular complexity index is 1110. The van der Waals surface area contributed by atoms with E-state index in [2.05, 4.69) is 20.6 Å². The topological polar surface area (TPSA) is 84.7 Å². The molecule has 0 atom stereocenters. The number of imidazole rings is 1. The van der Waals surface area contributed by atoms with Crippen molar-refractivity contribution in [1.29, 1.82) is 0 Å². The molecule has 0 saturated heterocycles. The SMILES string of the molecule is Cc1cccc(NC(=O)NCCn2c(-c3ccncc3)nc3cccnc32)c1. The van der Waals surface area contributed by atoms with Crippen LogP contribution in [0, 0.1) is 6.92 Å². The summed E-state index contributed by atoms with van der Waals surface area (Å²) in [7, 11) is 0. The second-order valence-corrected chi connectivity index (χ2v) is 6.42. The highest BCUT2D eigenvalue weighted by Gasteiger charge is 2.13. The van der Waals surface area contributed by atoms with Gasteiger partial charge in [0.15, 0.2) is 5.65 Å². The van der Waals surface area contributed by atoms with E-state index in [9.17, 15) is 4.79 Å². The van der Waals surface area contributed by atoms with Crippen LogP contribution in [0.25, 0.3) is 22.6 Å². The molecule has 0 saturated carbocycles. The summed E-state index contributed by atoms with van der Waals surface area (Å²) in [4.78, 5) is 25.4. The van der Waals surface area contributed by atoms with Crippen molar-refractivity contribution in [2.45, 2.75) is 13.5 Å². The number of nitrogens with zero attached hydrogens (tertiary/aromatic N) is 4. The fourth-order valence-corrected chi connectivity index (χ4v) is 3.07. The molecular weight excluding hydrogens is 352 g/mol. The summed E-state index contributed by atoms with van der Waals surface area (Å²) in [6.07, 6.45) is 5.22.